The van der Waals surface area contributed by atoms with Gasteiger partial charge in [0.1, 0.15) is 0 Å². The number of amides is 2. The van der Waals surface area contributed by atoms with Gasteiger partial charge in [-0.1, -0.05) is 17.7 Å². The average molecular weight is 391 g/mol. The summed E-state index contributed by atoms with van der Waals surface area (Å²) in [6, 6.07) is 14.7. The molecule has 2 aliphatic rings. The molecule has 0 spiro atoms. The third kappa shape index (κ3) is 3.80. The van der Waals surface area contributed by atoms with Gasteiger partial charge in [0.25, 0.3) is 5.91 Å². The highest BCUT2D eigenvalue weighted by Gasteiger charge is 2.43. The smallest absolute Gasteiger partial charge is 0.251 e. The predicted molar refractivity (Wildman–Crippen MR) is 112 cm³/mol. The number of Topliss-reactive ketones (excluding diaryl/α,β-unsaturated/α-hetero) is 1. The van der Waals surface area contributed by atoms with Crippen LogP contribution in [0, 0.1) is 6.92 Å². The van der Waals surface area contributed by atoms with Crippen LogP contribution in [-0.4, -0.2) is 54.7 Å². The Hall–Kier alpha value is -2.99. The minimum atomic E-state index is -0.383. The zero-order chi connectivity index (χ0) is 20.5. The molecular weight excluding hydrogens is 366 g/mol. The number of aryl methyl sites for hydroxylation is 1. The van der Waals surface area contributed by atoms with Crippen LogP contribution in [0.1, 0.15) is 29.3 Å². The molecule has 2 aromatic rings. The van der Waals surface area contributed by atoms with E-state index in [1.54, 1.807) is 6.92 Å². The van der Waals surface area contributed by atoms with Gasteiger partial charge in [-0.25, -0.2) is 4.90 Å². The molecule has 0 aromatic heterocycles. The van der Waals surface area contributed by atoms with E-state index in [2.05, 4.69) is 9.80 Å². The van der Waals surface area contributed by atoms with Crippen molar-refractivity contribution >= 4 is 29.0 Å². The Morgan fingerprint density at radius 3 is 2.03 bits per heavy atom. The van der Waals surface area contributed by atoms with Crippen LogP contribution in [0.3, 0.4) is 0 Å². The Balaban J connectivity index is 1.41. The summed E-state index contributed by atoms with van der Waals surface area (Å²) in [5.41, 5.74) is 3.53. The molecule has 150 valence electrons. The third-order valence-corrected chi connectivity index (χ3v) is 5.81. The lowest BCUT2D eigenvalue weighted by atomic mass is 10.1. The Labute approximate surface area is 170 Å². The van der Waals surface area contributed by atoms with Gasteiger partial charge in [-0.05, 0) is 50.2 Å². The van der Waals surface area contributed by atoms with Crippen molar-refractivity contribution in [2.75, 3.05) is 36.0 Å². The molecule has 4 rings (SSSR count). The topological polar surface area (TPSA) is 60.9 Å². The number of anilines is 2. The van der Waals surface area contributed by atoms with Crippen molar-refractivity contribution in [3.8, 4) is 0 Å². The summed E-state index contributed by atoms with van der Waals surface area (Å²) in [7, 11) is 0. The van der Waals surface area contributed by atoms with Crippen LogP contribution in [0.5, 0.6) is 0 Å². The molecule has 29 heavy (non-hydrogen) atoms. The maximum absolute atomic E-state index is 13.0. The van der Waals surface area contributed by atoms with E-state index in [1.807, 2.05) is 55.5 Å². The van der Waals surface area contributed by atoms with E-state index in [0.29, 0.717) is 11.3 Å². The van der Waals surface area contributed by atoms with Crippen molar-refractivity contribution in [1.82, 2.24) is 4.90 Å². The van der Waals surface area contributed by atoms with Gasteiger partial charge in [-0.2, -0.15) is 0 Å². The monoisotopic (exact) mass is 391 g/mol. The van der Waals surface area contributed by atoms with Crippen LogP contribution >= 0.6 is 0 Å². The number of ketones is 1. The van der Waals surface area contributed by atoms with Crippen LogP contribution in [0.15, 0.2) is 48.5 Å². The number of rotatable bonds is 4. The SMILES string of the molecule is CC(=O)c1ccc(N2CCN([C@@H]3CC(=O)N(c4ccc(C)cc4)C3=O)CC2)cc1. The summed E-state index contributed by atoms with van der Waals surface area (Å²) >= 11 is 0. The van der Waals surface area contributed by atoms with E-state index in [1.165, 1.54) is 4.90 Å². The van der Waals surface area contributed by atoms with Crippen molar-refractivity contribution in [3.63, 3.8) is 0 Å². The van der Waals surface area contributed by atoms with E-state index in [4.69, 9.17) is 0 Å². The fourth-order valence-corrected chi connectivity index (χ4v) is 4.07. The molecule has 2 saturated heterocycles. The Morgan fingerprint density at radius 2 is 1.45 bits per heavy atom. The van der Waals surface area contributed by atoms with E-state index < -0.39 is 0 Å². The fourth-order valence-electron chi connectivity index (χ4n) is 4.07. The minimum absolute atomic E-state index is 0.0592. The molecule has 0 bridgehead atoms. The van der Waals surface area contributed by atoms with Gasteiger partial charge in [0.05, 0.1) is 18.2 Å². The number of carbonyl (C=O) groups is 3. The van der Waals surface area contributed by atoms with Crippen LogP contribution in [0.25, 0.3) is 0 Å². The van der Waals surface area contributed by atoms with Gasteiger partial charge < -0.3 is 4.90 Å². The largest absolute Gasteiger partial charge is 0.369 e. The van der Waals surface area contributed by atoms with E-state index in [-0.39, 0.29) is 30.1 Å². The summed E-state index contributed by atoms with van der Waals surface area (Å²) in [4.78, 5) is 42.6. The summed E-state index contributed by atoms with van der Waals surface area (Å²) in [6.07, 6.45) is 0.236. The zero-order valence-electron chi connectivity index (χ0n) is 16.8. The van der Waals surface area contributed by atoms with Crippen molar-refractivity contribution in [3.05, 3.63) is 59.7 Å². The fraction of sp³-hybridized carbons (Fsp3) is 0.348. The van der Waals surface area contributed by atoms with Crippen molar-refractivity contribution in [2.45, 2.75) is 26.3 Å². The predicted octanol–water partition coefficient (Wildman–Crippen LogP) is 2.65. The van der Waals surface area contributed by atoms with Crippen molar-refractivity contribution < 1.29 is 14.4 Å². The van der Waals surface area contributed by atoms with Gasteiger partial charge in [0, 0.05) is 37.4 Å². The first kappa shape index (κ1) is 19.3. The van der Waals surface area contributed by atoms with Gasteiger partial charge in [-0.3, -0.25) is 19.3 Å². The Bertz CT molecular complexity index is 929. The lowest BCUT2D eigenvalue weighted by molar-refractivity contribution is -0.123. The lowest BCUT2D eigenvalue weighted by Crippen LogP contribution is -2.52. The number of carbonyl (C=O) groups excluding carboxylic acids is 3. The highest BCUT2D eigenvalue weighted by Crippen LogP contribution is 2.27. The summed E-state index contributed by atoms with van der Waals surface area (Å²) in [5.74, 6) is -0.201. The maximum Gasteiger partial charge on any atom is 0.251 e. The van der Waals surface area contributed by atoms with E-state index >= 15 is 0 Å². The minimum Gasteiger partial charge on any atom is -0.369 e. The molecular formula is C23H25N3O3. The number of hydrogen-bond donors (Lipinski definition) is 0. The number of piperazine rings is 1. The molecule has 0 N–H and O–H groups in total. The number of imide groups is 1. The quantitative estimate of drug-likeness (QED) is 0.592. The van der Waals surface area contributed by atoms with E-state index in [9.17, 15) is 14.4 Å². The van der Waals surface area contributed by atoms with Crippen molar-refractivity contribution in [2.24, 2.45) is 0 Å². The molecule has 2 aromatic carbocycles. The lowest BCUT2D eigenvalue weighted by Gasteiger charge is -2.38. The second kappa shape index (κ2) is 7.79. The second-order valence-corrected chi connectivity index (χ2v) is 7.75. The summed E-state index contributed by atoms with van der Waals surface area (Å²) in [5, 5.41) is 0. The Kier molecular flexibility index (Phi) is 5.20. The van der Waals surface area contributed by atoms with Crippen LogP contribution in [0.4, 0.5) is 11.4 Å². The molecule has 2 heterocycles. The molecule has 0 unspecified atom stereocenters. The molecule has 0 aliphatic carbocycles. The van der Waals surface area contributed by atoms with Gasteiger partial charge >= 0.3 is 0 Å². The number of hydrogen-bond acceptors (Lipinski definition) is 5. The normalized spacial score (nSPS) is 20.4. The van der Waals surface area contributed by atoms with Gasteiger partial charge in [0.2, 0.25) is 5.91 Å². The molecule has 6 heteroatoms. The first-order chi connectivity index (χ1) is 13.9. The average Bonchev–Trinajstić information content (AvgIpc) is 3.03. The summed E-state index contributed by atoms with van der Waals surface area (Å²) < 4.78 is 0. The highest BCUT2D eigenvalue weighted by molar-refractivity contribution is 6.22. The first-order valence-electron chi connectivity index (χ1n) is 9.97. The van der Waals surface area contributed by atoms with Crippen LogP contribution in [0.2, 0.25) is 0 Å². The molecule has 0 saturated carbocycles. The number of nitrogens with zero attached hydrogens (tertiary/aromatic N) is 3. The highest BCUT2D eigenvalue weighted by atomic mass is 16.2. The first-order valence-corrected chi connectivity index (χ1v) is 9.97. The summed E-state index contributed by atoms with van der Waals surface area (Å²) in [6.45, 7) is 6.55. The second-order valence-electron chi connectivity index (χ2n) is 7.75. The molecule has 6 nitrogen and oxygen atoms in total. The maximum atomic E-state index is 13.0. The molecule has 1 atom stereocenters. The zero-order valence-corrected chi connectivity index (χ0v) is 16.8. The molecule has 2 aliphatic heterocycles. The molecule has 2 amide bonds. The standard InChI is InChI=1S/C23H25N3O3/c1-16-3-7-20(8-4-16)26-22(28)15-21(23(26)29)25-13-11-24(12-14-25)19-9-5-18(6-10-19)17(2)27/h3-10,21H,11-15H2,1-2H3/t21-/m1/s1. The Morgan fingerprint density at radius 1 is 0.862 bits per heavy atom. The molecule has 2 fully saturated rings. The third-order valence-electron chi connectivity index (χ3n) is 5.81. The van der Waals surface area contributed by atoms with Crippen LogP contribution in [-0.2, 0) is 9.59 Å². The van der Waals surface area contributed by atoms with Gasteiger partial charge in [0.15, 0.2) is 5.78 Å². The number of benzene rings is 2. The van der Waals surface area contributed by atoms with Gasteiger partial charge in [-0.15, -0.1) is 0 Å². The van der Waals surface area contributed by atoms with E-state index in [0.717, 1.165) is 37.4 Å². The van der Waals surface area contributed by atoms with Crippen molar-refractivity contribution in [1.29, 1.82) is 0 Å². The molecule has 0 radical (unpaired) electrons. The van der Waals surface area contributed by atoms with Crippen LogP contribution < -0.4 is 9.80 Å².